The molecule has 0 aliphatic rings. The second-order valence-corrected chi connectivity index (χ2v) is 7.28. The molecule has 3 nitrogen and oxygen atoms in total. The molecule has 1 rings (SSSR count). The molecule has 4 heteroatoms. The van der Waals surface area contributed by atoms with Crippen LogP contribution >= 0.6 is 0 Å². The molecular weight excluding hydrogens is 234 g/mol. The monoisotopic (exact) mass is 255 g/mol. The van der Waals surface area contributed by atoms with Crippen LogP contribution < -0.4 is 5.32 Å². The molecule has 0 amide bonds. The van der Waals surface area contributed by atoms with Crippen molar-refractivity contribution in [1.29, 1.82) is 0 Å². The second-order valence-electron chi connectivity index (χ2n) is 4.77. The summed E-state index contributed by atoms with van der Waals surface area (Å²) in [7, 11) is -3.15. The van der Waals surface area contributed by atoms with Crippen molar-refractivity contribution in [1.82, 2.24) is 5.32 Å². The van der Waals surface area contributed by atoms with Gasteiger partial charge in [-0.15, -0.1) is 0 Å². The highest BCUT2D eigenvalue weighted by Crippen LogP contribution is 2.16. The zero-order valence-electron chi connectivity index (χ0n) is 10.9. The van der Waals surface area contributed by atoms with E-state index in [0.29, 0.717) is 10.9 Å². The lowest BCUT2D eigenvalue weighted by Gasteiger charge is -2.10. The fourth-order valence-electron chi connectivity index (χ4n) is 1.39. The van der Waals surface area contributed by atoms with Crippen LogP contribution in [0.4, 0.5) is 0 Å². The number of nitrogens with one attached hydrogen (secondary N) is 1. The third-order valence-corrected chi connectivity index (χ3v) is 4.76. The molecule has 0 saturated heterocycles. The van der Waals surface area contributed by atoms with E-state index in [1.165, 1.54) is 0 Å². The van der Waals surface area contributed by atoms with Crippen molar-refractivity contribution in [2.45, 2.75) is 50.4 Å². The van der Waals surface area contributed by atoms with Gasteiger partial charge in [0.05, 0.1) is 10.1 Å². The lowest BCUT2D eigenvalue weighted by Crippen LogP contribution is -2.21. The summed E-state index contributed by atoms with van der Waals surface area (Å²) in [5.41, 5.74) is 1.10. The van der Waals surface area contributed by atoms with Crippen molar-refractivity contribution < 1.29 is 8.42 Å². The molecular formula is C13H21NO2S. The normalized spacial score (nSPS) is 12.4. The average molecular weight is 255 g/mol. The minimum absolute atomic E-state index is 0.373. The highest BCUT2D eigenvalue weighted by molar-refractivity contribution is 7.92. The Kier molecular flexibility index (Phi) is 4.71. The van der Waals surface area contributed by atoms with Crippen LogP contribution in [0.1, 0.15) is 33.3 Å². The lowest BCUT2D eigenvalue weighted by atomic mass is 10.2. The zero-order chi connectivity index (χ0) is 13.1. The first-order valence-electron chi connectivity index (χ1n) is 5.90. The first-order chi connectivity index (χ1) is 7.84. The fourth-order valence-corrected chi connectivity index (χ4v) is 2.45. The fraction of sp³-hybridized carbons (Fsp3) is 0.538. The molecule has 0 fully saturated rings. The number of sulfone groups is 1. The first-order valence-corrected chi connectivity index (χ1v) is 7.45. The third kappa shape index (κ3) is 3.82. The summed E-state index contributed by atoms with van der Waals surface area (Å²) in [6.07, 6.45) is 0. The Morgan fingerprint density at radius 1 is 1.06 bits per heavy atom. The van der Waals surface area contributed by atoms with Crippen LogP contribution in [0.5, 0.6) is 0 Å². The predicted molar refractivity (Wildman–Crippen MR) is 70.7 cm³/mol. The summed E-state index contributed by atoms with van der Waals surface area (Å²) in [5.74, 6) is 0. The van der Waals surface area contributed by atoms with Crippen LogP contribution in [-0.2, 0) is 16.4 Å². The average Bonchev–Trinajstić information content (AvgIpc) is 2.26. The molecule has 0 aliphatic carbocycles. The maximum atomic E-state index is 11.9. The van der Waals surface area contributed by atoms with E-state index in [2.05, 4.69) is 19.2 Å². The van der Waals surface area contributed by atoms with Gasteiger partial charge in [-0.05, 0) is 31.5 Å². The lowest BCUT2D eigenvalue weighted by molar-refractivity contribution is 0.584. The van der Waals surface area contributed by atoms with Crippen molar-refractivity contribution in [3.8, 4) is 0 Å². The standard InChI is InChI=1S/C13H21NO2S/c1-10(2)14-9-12-5-7-13(8-6-12)17(15,16)11(3)4/h5-8,10-11,14H,9H2,1-4H3. The van der Waals surface area contributed by atoms with Gasteiger partial charge in [0.2, 0.25) is 0 Å². The van der Waals surface area contributed by atoms with Crippen molar-refractivity contribution >= 4 is 9.84 Å². The van der Waals surface area contributed by atoms with Gasteiger partial charge in [0, 0.05) is 12.6 Å². The molecule has 0 atom stereocenters. The van der Waals surface area contributed by atoms with E-state index in [1.807, 2.05) is 12.1 Å². The Hall–Kier alpha value is -0.870. The van der Waals surface area contributed by atoms with Crippen LogP contribution in [0.2, 0.25) is 0 Å². The van der Waals surface area contributed by atoms with Crippen LogP contribution in [0.25, 0.3) is 0 Å². The van der Waals surface area contributed by atoms with Gasteiger partial charge in [0.15, 0.2) is 9.84 Å². The van der Waals surface area contributed by atoms with Crippen LogP contribution in [0.3, 0.4) is 0 Å². The van der Waals surface area contributed by atoms with Crippen LogP contribution in [0.15, 0.2) is 29.2 Å². The third-order valence-electron chi connectivity index (χ3n) is 2.59. The Morgan fingerprint density at radius 3 is 2.00 bits per heavy atom. The quantitative estimate of drug-likeness (QED) is 0.878. The Morgan fingerprint density at radius 2 is 1.59 bits per heavy atom. The molecule has 96 valence electrons. The summed E-state index contributed by atoms with van der Waals surface area (Å²) in [4.78, 5) is 0.404. The predicted octanol–water partition coefficient (Wildman–Crippen LogP) is 2.37. The van der Waals surface area contributed by atoms with Crippen molar-refractivity contribution in [2.24, 2.45) is 0 Å². The van der Waals surface area contributed by atoms with Crippen molar-refractivity contribution in [2.75, 3.05) is 0 Å². The van der Waals surface area contributed by atoms with E-state index in [9.17, 15) is 8.42 Å². The van der Waals surface area contributed by atoms with Crippen molar-refractivity contribution in [3.05, 3.63) is 29.8 Å². The zero-order valence-corrected chi connectivity index (χ0v) is 11.7. The van der Waals surface area contributed by atoms with Gasteiger partial charge in [-0.1, -0.05) is 26.0 Å². The van der Waals surface area contributed by atoms with E-state index in [1.54, 1.807) is 26.0 Å². The first kappa shape index (κ1) is 14.2. The Bertz CT molecular complexity index is 447. The van der Waals surface area contributed by atoms with Gasteiger partial charge >= 0.3 is 0 Å². The number of hydrogen-bond donors (Lipinski definition) is 1. The van der Waals surface area contributed by atoms with Gasteiger partial charge < -0.3 is 5.32 Å². The smallest absolute Gasteiger partial charge is 0.180 e. The molecule has 0 spiro atoms. The SMILES string of the molecule is CC(C)NCc1ccc(S(=O)(=O)C(C)C)cc1. The molecule has 0 heterocycles. The molecule has 17 heavy (non-hydrogen) atoms. The maximum absolute atomic E-state index is 11.9. The van der Waals surface area contributed by atoms with Crippen LogP contribution in [-0.4, -0.2) is 19.7 Å². The highest BCUT2D eigenvalue weighted by atomic mass is 32.2. The Balaban J connectivity index is 2.82. The van der Waals surface area contributed by atoms with E-state index in [4.69, 9.17) is 0 Å². The van der Waals surface area contributed by atoms with E-state index in [0.717, 1.165) is 12.1 Å². The summed E-state index contributed by atoms with van der Waals surface area (Å²) in [6.45, 7) is 8.32. The van der Waals surface area contributed by atoms with Gasteiger partial charge in [-0.25, -0.2) is 8.42 Å². The summed E-state index contributed by atoms with van der Waals surface area (Å²) >= 11 is 0. The topological polar surface area (TPSA) is 46.2 Å². The van der Waals surface area contributed by atoms with Crippen LogP contribution in [0, 0.1) is 0 Å². The van der Waals surface area contributed by atoms with E-state index >= 15 is 0 Å². The molecule has 0 unspecified atom stereocenters. The second kappa shape index (κ2) is 5.65. The molecule has 0 aliphatic heterocycles. The molecule has 0 radical (unpaired) electrons. The van der Waals surface area contributed by atoms with Gasteiger partial charge in [-0.2, -0.15) is 0 Å². The number of benzene rings is 1. The minimum Gasteiger partial charge on any atom is -0.310 e. The van der Waals surface area contributed by atoms with Crippen molar-refractivity contribution in [3.63, 3.8) is 0 Å². The summed E-state index contributed by atoms with van der Waals surface area (Å²) in [5, 5.41) is 2.92. The Labute approximate surface area is 104 Å². The molecule has 0 saturated carbocycles. The summed E-state index contributed by atoms with van der Waals surface area (Å²) in [6, 6.07) is 7.53. The number of rotatable bonds is 5. The van der Waals surface area contributed by atoms with Gasteiger partial charge in [0.25, 0.3) is 0 Å². The van der Waals surface area contributed by atoms with E-state index < -0.39 is 9.84 Å². The molecule has 1 aromatic rings. The highest BCUT2D eigenvalue weighted by Gasteiger charge is 2.18. The largest absolute Gasteiger partial charge is 0.310 e. The molecule has 0 aromatic heterocycles. The number of hydrogen-bond acceptors (Lipinski definition) is 3. The van der Waals surface area contributed by atoms with Gasteiger partial charge in [-0.3, -0.25) is 0 Å². The molecule has 1 N–H and O–H groups in total. The van der Waals surface area contributed by atoms with E-state index in [-0.39, 0.29) is 5.25 Å². The summed E-state index contributed by atoms with van der Waals surface area (Å²) < 4.78 is 23.8. The molecule has 1 aromatic carbocycles. The maximum Gasteiger partial charge on any atom is 0.180 e. The van der Waals surface area contributed by atoms with Gasteiger partial charge in [0.1, 0.15) is 0 Å². The molecule has 0 bridgehead atoms. The minimum atomic E-state index is -3.15.